The van der Waals surface area contributed by atoms with Gasteiger partial charge in [0.15, 0.2) is 11.5 Å². The second kappa shape index (κ2) is 5.94. The van der Waals surface area contributed by atoms with E-state index in [1.54, 1.807) is 0 Å². The number of rotatable bonds is 3. The van der Waals surface area contributed by atoms with Gasteiger partial charge in [0.25, 0.3) is 5.56 Å². The van der Waals surface area contributed by atoms with E-state index in [0.29, 0.717) is 13.3 Å². The molecule has 6 heteroatoms. The monoisotopic (exact) mass is 327 g/mol. The Labute approximate surface area is 140 Å². The van der Waals surface area contributed by atoms with E-state index in [1.807, 2.05) is 26.0 Å². The van der Waals surface area contributed by atoms with Crippen molar-refractivity contribution in [2.45, 2.75) is 39.3 Å². The third kappa shape index (κ3) is 2.78. The lowest BCUT2D eigenvalue weighted by atomic mass is 10.0. The minimum Gasteiger partial charge on any atom is -0.454 e. The van der Waals surface area contributed by atoms with Gasteiger partial charge in [-0.2, -0.15) is 0 Å². The van der Waals surface area contributed by atoms with E-state index in [9.17, 15) is 4.79 Å². The van der Waals surface area contributed by atoms with Crippen LogP contribution < -0.4 is 15.0 Å². The molecular formula is C18H21N3O3. The quantitative estimate of drug-likeness (QED) is 0.936. The van der Waals surface area contributed by atoms with E-state index in [4.69, 9.17) is 9.47 Å². The Bertz CT molecular complexity index is 829. The molecule has 1 aromatic carbocycles. The van der Waals surface area contributed by atoms with Gasteiger partial charge in [0, 0.05) is 31.1 Å². The second-order valence-electron chi connectivity index (χ2n) is 6.68. The van der Waals surface area contributed by atoms with E-state index in [-0.39, 0.29) is 11.5 Å². The van der Waals surface area contributed by atoms with Crippen molar-refractivity contribution < 1.29 is 9.47 Å². The van der Waals surface area contributed by atoms with Crippen molar-refractivity contribution in [3.8, 4) is 11.5 Å². The molecule has 0 bridgehead atoms. The molecule has 0 unspecified atom stereocenters. The van der Waals surface area contributed by atoms with Gasteiger partial charge in [-0.1, -0.05) is 19.9 Å². The van der Waals surface area contributed by atoms with Crippen LogP contribution in [0.5, 0.6) is 11.5 Å². The summed E-state index contributed by atoms with van der Waals surface area (Å²) in [5.74, 6) is 2.59. The highest BCUT2D eigenvalue weighted by Gasteiger charge is 2.22. The highest BCUT2D eigenvalue weighted by atomic mass is 16.7. The van der Waals surface area contributed by atoms with Crippen LogP contribution in [0, 0.1) is 0 Å². The first-order valence-electron chi connectivity index (χ1n) is 8.33. The Kier molecular flexibility index (Phi) is 3.76. The average Bonchev–Trinajstić information content (AvgIpc) is 3.02. The molecule has 0 spiro atoms. The Morgan fingerprint density at radius 2 is 2.12 bits per heavy atom. The van der Waals surface area contributed by atoms with Crippen LogP contribution in [-0.4, -0.2) is 28.2 Å². The number of aromatic amines is 1. The smallest absolute Gasteiger partial charge is 0.254 e. The maximum atomic E-state index is 12.2. The fourth-order valence-electron chi connectivity index (χ4n) is 3.22. The summed E-state index contributed by atoms with van der Waals surface area (Å²) < 4.78 is 10.8. The van der Waals surface area contributed by atoms with Crippen molar-refractivity contribution in [2.75, 3.05) is 13.3 Å². The normalized spacial score (nSPS) is 16.5. The predicted octanol–water partition coefficient (Wildman–Crippen LogP) is 2.18. The molecule has 0 fully saturated rings. The Balaban J connectivity index is 1.55. The maximum Gasteiger partial charge on any atom is 0.254 e. The van der Waals surface area contributed by atoms with Crippen LogP contribution in [0.1, 0.15) is 42.4 Å². The summed E-state index contributed by atoms with van der Waals surface area (Å²) in [6.07, 6.45) is 0.737. The minimum atomic E-state index is 0.0198. The molecule has 0 aliphatic carbocycles. The van der Waals surface area contributed by atoms with Gasteiger partial charge in [0.1, 0.15) is 5.82 Å². The first-order chi connectivity index (χ1) is 11.6. The number of nitrogens with one attached hydrogen (secondary N) is 1. The summed E-state index contributed by atoms with van der Waals surface area (Å²) in [6.45, 7) is 6.73. The molecule has 6 nitrogen and oxygen atoms in total. The largest absolute Gasteiger partial charge is 0.454 e. The SMILES string of the molecule is CC(C)c1nc2c(c(=O)[nH]1)CCN(Cc1ccc3c(c1)OCO3)C2. The van der Waals surface area contributed by atoms with Gasteiger partial charge >= 0.3 is 0 Å². The van der Waals surface area contributed by atoms with Gasteiger partial charge < -0.3 is 14.5 Å². The zero-order chi connectivity index (χ0) is 16.7. The van der Waals surface area contributed by atoms with Gasteiger partial charge in [0.2, 0.25) is 6.79 Å². The molecule has 0 atom stereocenters. The molecule has 4 rings (SSSR count). The number of benzene rings is 1. The van der Waals surface area contributed by atoms with E-state index >= 15 is 0 Å². The maximum absolute atomic E-state index is 12.2. The van der Waals surface area contributed by atoms with Crippen LogP contribution in [0.3, 0.4) is 0 Å². The summed E-state index contributed by atoms with van der Waals surface area (Å²) in [7, 11) is 0. The number of hydrogen-bond donors (Lipinski definition) is 1. The number of aromatic nitrogens is 2. The number of nitrogens with zero attached hydrogens (tertiary/aromatic N) is 2. The molecule has 2 aliphatic heterocycles. The van der Waals surface area contributed by atoms with Crippen LogP contribution >= 0.6 is 0 Å². The molecule has 2 aromatic rings. The molecule has 126 valence electrons. The van der Waals surface area contributed by atoms with Gasteiger partial charge in [-0.15, -0.1) is 0 Å². The van der Waals surface area contributed by atoms with E-state index in [2.05, 4.69) is 20.9 Å². The zero-order valence-corrected chi connectivity index (χ0v) is 14.0. The van der Waals surface area contributed by atoms with Crippen molar-refractivity contribution in [3.63, 3.8) is 0 Å². The van der Waals surface area contributed by atoms with Crippen LogP contribution in [0.4, 0.5) is 0 Å². The molecule has 0 amide bonds. The molecule has 2 aliphatic rings. The summed E-state index contributed by atoms with van der Waals surface area (Å²) >= 11 is 0. The van der Waals surface area contributed by atoms with Crippen molar-refractivity contribution in [1.82, 2.24) is 14.9 Å². The molecule has 1 N–H and O–H groups in total. The second-order valence-corrected chi connectivity index (χ2v) is 6.68. The lowest BCUT2D eigenvalue weighted by Gasteiger charge is -2.28. The first kappa shape index (κ1) is 15.2. The topological polar surface area (TPSA) is 67.5 Å². The van der Waals surface area contributed by atoms with Crippen molar-refractivity contribution >= 4 is 0 Å². The average molecular weight is 327 g/mol. The summed E-state index contributed by atoms with van der Waals surface area (Å²) in [6, 6.07) is 6.05. The standard InChI is InChI=1S/C18H21N3O3/c1-11(2)17-19-14-9-21(6-5-13(14)18(22)20-17)8-12-3-4-15-16(7-12)24-10-23-15/h3-4,7,11H,5-6,8-10H2,1-2H3,(H,19,20,22). The van der Waals surface area contributed by atoms with E-state index in [1.165, 1.54) is 5.56 Å². The first-order valence-corrected chi connectivity index (χ1v) is 8.33. The molecular weight excluding hydrogens is 306 g/mol. The molecule has 3 heterocycles. The Morgan fingerprint density at radius 1 is 1.29 bits per heavy atom. The molecule has 24 heavy (non-hydrogen) atoms. The van der Waals surface area contributed by atoms with Gasteiger partial charge in [0.05, 0.1) is 5.69 Å². The van der Waals surface area contributed by atoms with Crippen LogP contribution in [-0.2, 0) is 19.5 Å². The zero-order valence-electron chi connectivity index (χ0n) is 14.0. The molecule has 0 saturated heterocycles. The van der Waals surface area contributed by atoms with Crippen LogP contribution in [0.2, 0.25) is 0 Å². The third-order valence-electron chi connectivity index (χ3n) is 4.56. The lowest BCUT2D eigenvalue weighted by Crippen LogP contribution is -2.35. The van der Waals surface area contributed by atoms with Crippen molar-refractivity contribution in [2.24, 2.45) is 0 Å². The number of fused-ring (bicyclic) bond motifs is 2. The molecule has 0 saturated carbocycles. The summed E-state index contributed by atoms with van der Waals surface area (Å²) in [5.41, 5.74) is 2.94. The Hall–Kier alpha value is -2.34. The van der Waals surface area contributed by atoms with Gasteiger partial charge in [-0.05, 0) is 24.1 Å². The molecule has 1 aromatic heterocycles. The van der Waals surface area contributed by atoms with E-state index in [0.717, 1.165) is 48.1 Å². The van der Waals surface area contributed by atoms with Gasteiger partial charge in [-0.3, -0.25) is 9.69 Å². The molecule has 0 radical (unpaired) electrons. The fraction of sp³-hybridized carbons (Fsp3) is 0.444. The number of ether oxygens (including phenoxy) is 2. The van der Waals surface area contributed by atoms with Crippen LogP contribution in [0.25, 0.3) is 0 Å². The predicted molar refractivity (Wildman–Crippen MR) is 89.3 cm³/mol. The fourth-order valence-corrected chi connectivity index (χ4v) is 3.22. The highest BCUT2D eigenvalue weighted by molar-refractivity contribution is 5.44. The van der Waals surface area contributed by atoms with Crippen LogP contribution in [0.15, 0.2) is 23.0 Å². The Morgan fingerprint density at radius 3 is 2.96 bits per heavy atom. The van der Waals surface area contributed by atoms with E-state index < -0.39 is 0 Å². The summed E-state index contributed by atoms with van der Waals surface area (Å²) in [5, 5.41) is 0. The third-order valence-corrected chi connectivity index (χ3v) is 4.56. The van der Waals surface area contributed by atoms with Crippen molar-refractivity contribution in [3.05, 3.63) is 51.2 Å². The highest BCUT2D eigenvalue weighted by Crippen LogP contribution is 2.33. The van der Waals surface area contributed by atoms with Gasteiger partial charge in [-0.25, -0.2) is 4.98 Å². The lowest BCUT2D eigenvalue weighted by molar-refractivity contribution is 0.174. The number of H-pyrrole nitrogens is 1. The van der Waals surface area contributed by atoms with Crippen molar-refractivity contribution in [1.29, 1.82) is 0 Å². The minimum absolute atomic E-state index is 0.0198. The summed E-state index contributed by atoms with van der Waals surface area (Å²) in [4.78, 5) is 22.1. The number of hydrogen-bond acceptors (Lipinski definition) is 5.